The second kappa shape index (κ2) is 10.1. The number of nitrogens with zero attached hydrogens (tertiary/aromatic N) is 2. The number of rotatable bonds is 6. The van der Waals surface area contributed by atoms with Crippen molar-refractivity contribution in [3.05, 3.63) is 35.4 Å². The summed E-state index contributed by atoms with van der Waals surface area (Å²) in [6.07, 6.45) is 0.576. The standard InChI is InChI=1S/C21H32N4O3/c1-5-22-21(28)25-12-10-24(11-13-25)20(27)18(14-15(2)3)23-19(26)17-9-7-6-8-16(17)4/h6-9,15,18H,5,10-14H2,1-4H3,(H,22,28)(H,23,26). The van der Waals surface area contributed by atoms with Crippen LogP contribution >= 0.6 is 0 Å². The van der Waals surface area contributed by atoms with Gasteiger partial charge in [0.15, 0.2) is 0 Å². The smallest absolute Gasteiger partial charge is 0.317 e. The minimum Gasteiger partial charge on any atom is -0.340 e. The van der Waals surface area contributed by atoms with Gasteiger partial charge in [-0.1, -0.05) is 32.0 Å². The van der Waals surface area contributed by atoms with Crippen LogP contribution in [-0.4, -0.2) is 66.4 Å². The van der Waals surface area contributed by atoms with Crippen molar-refractivity contribution in [2.45, 2.75) is 40.2 Å². The van der Waals surface area contributed by atoms with Crippen molar-refractivity contribution < 1.29 is 14.4 Å². The fraction of sp³-hybridized carbons (Fsp3) is 0.571. The zero-order chi connectivity index (χ0) is 20.7. The van der Waals surface area contributed by atoms with E-state index in [2.05, 4.69) is 10.6 Å². The number of hydrogen-bond acceptors (Lipinski definition) is 3. The molecule has 154 valence electrons. The van der Waals surface area contributed by atoms with E-state index in [1.54, 1.807) is 15.9 Å². The number of carbonyl (C=O) groups excluding carboxylic acids is 3. The van der Waals surface area contributed by atoms with Crippen LogP contribution in [0.2, 0.25) is 0 Å². The van der Waals surface area contributed by atoms with Crippen LogP contribution < -0.4 is 10.6 Å². The van der Waals surface area contributed by atoms with E-state index < -0.39 is 6.04 Å². The van der Waals surface area contributed by atoms with Crippen molar-refractivity contribution in [1.82, 2.24) is 20.4 Å². The molecule has 28 heavy (non-hydrogen) atoms. The molecule has 2 rings (SSSR count). The summed E-state index contributed by atoms with van der Waals surface area (Å²) in [6.45, 7) is 10.4. The topological polar surface area (TPSA) is 81.8 Å². The Hall–Kier alpha value is -2.57. The van der Waals surface area contributed by atoms with Gasteiger partial charge in [0.1, 0.15) is 6.04 Å². The Kier molecular flexibility index (Phi) is 7.84. The molecule has 1 saturated heterocycles. The largest absolute Gasteiger partial charge is 0.340 e. The first-order valence-electron chi connectivity index (χ1n) is 10.0. The lowest BCUT2D eigenvalue weighted by Gasteiger charge is -2.36. The molecule has 1 aromatic carbocycles. The molecule has 0 radical (unpaired) electrons. The molecule has 0 bridgehead atoms. The third kappa shape index (κ3) is 5.71. The van der Waals surface area contributed by atoms with Gasteiger partial charge in [-0.05, 0) is 37.8 Å². The summed E-state index contributed by atoms with van der Waals surface area (Å²) < 4.78 is 0. The van der Waals surface area contributed by atoms with Gasteiger partial charge in [-0.15, -0.1) is 0 Å². The highest BCUT2D eigenvalue weighted by molar-refractivity contribution is 5.98. The van der Waals surface area contributed by atoms with E-state index in [4.69, 9.17) is 0 Å². The number of urea groups is 1. The van der Waals surface area contributed by atoms with Crippen LogP contribution in [-0.2, 0) is 4.79 Å². The van der Waals surface area contributed by atoms with E-state index in [0.29, 0.717) is 44.7 Å². The van der Waals surface area contributed by atoms with Gasteiger partial charge in [0, 0.05) is 38.3 Å². The minimum absolute atomic E-state index is 0.0776. The quantitative estimate of drug-likeness (QED) is 0.782. The molecule has 1 aliphatic heterocycles. The molecule has 0 spiro atoms. The number of benzene rings is 1. The van der Waals surface area contributed by atoms with E-state index in [1.165, 1.54) is 0 Å². The molecule has 7 heteroatoms. The fourth-order valence-electron chi connectivity index (χ4n) is 3.37. The Balaban J connectivity index is 2.02. The highest BCUT2D eigenvalue weighted by Crippen LogP contribution is 2.13. The molecule has 7 nitrogen and oxygen atoms in total. The first kappa shape index (κ1) is 21.7. The molecule has 1 fully saturated rings. The van der Waals surface area contributed by atoms with Gasteiger partial charge in [-0.2, -0.15) is 0 Å². The first-order chi connectivity index (χ1) is 13.3. The third-order valence-corrected chi connectivity index (χ3v) is 4.91. The van der Waals surface area contributed by atoms with Crippen LogP contribution in [0, 0.1) is 12.8 Å². The Labute approximate surface area is 167 Å². The van der Waals surface area contributed by atoms with Gasteiger partial charge in [0.2, 0.25) is 5.91 Å². The highest BCUT2D eigenvalue weighted by Gasteiger charge is 2.30. The second-order valence-corrected chi connectivity index (χ2v) is 7.62. The van der Waals surface area contributed by atoms with Gasteiger partial charge in [0.05, 0.1) is 0 Å². The van der Waals surface area contributed by atoms with Crippen LogP contribution in [0.15, 0.2) is 24.3 Å². The van der Waals surface area contributed by atoms with Crippen LogP contribution in [0.5, 0.6) is 0 Å². The lowest BCUT2D eigenvalue weighted by molar-refractivity contribution is -0.135. The van der Waals surface area contributed by atoms with E-state index in [9.17, 15) is 14.4 Å². The van der Waals surface area contributed by atoms with E-state index in [1.807, 2.05) is 45.9 Å². The molecule has 4 amide bonds. The van der Waals surface area contributed by atoms with Crippen molar-refractivity contribution in [2.75, 3.05) is 32.7 Å². The highest BCUT2D eigenvalue weighted by atomic mass is 16.2. The molecule has 1 unspecified atom stereocenters. The van der Waals surface area contributed by atoms with Crippen LogP contribution in [0.25, 0.3) is 0 Å². The van der Waals surface area contributed by atoms with Crippen molar-refractivity contribution in [3.63, 3.8) is 0 Å². The number of piperazine rings is 1. The molecule has 0 saturated carbocycles. The summed E-state index contributed by atoms with van der Waals surface area (Å²) in [5.41, 5.74) is 1.47. The van der Waals surface area contributed by atoms with Crippen molar-refractivity contribution in [1.29, 1.82) is 0 Å². The van der Waals surface area contributed by atoms with Gasteiger partial charge in [-0.3, -0.25) is 9.59 Å². The summed E-state index contributed by atoms with van der Waals surface area (Å²) in [5.74, 6) is -0.0352. The predicted octanol–water partition coefficient (Wildman–Crippen LogP) is 2.01. The minimum atomic E-state index is -0.567. The second-order valence-electron chi connectivity index (χ2n) is 7.62. The fourth-order valence-corrected chi connectivity index (χ4v) is 3.37. The molecule has 1 heterocycles. The number of amides is 4. The molecule has 1 atom stereocenters. The normalized spacial score (nSPS) is 15.3. The average molecular weight is 389 g/mol. The average Bonchev–Trinajstić information content (AvgIpc) is 2.67. The monoisotopic (exact) mass is 388 g/mol. The predicted molar refractivity (Wildman–Crippen MR) is 109 cm³/mol. The molecule has 0 aromatic heterocycles. The lowest BCUT2D eigenvalue weighted by Crippen LogP contribution is -2.57. The molecular formula is C21H32N4O3. The zero-order valence-corrected chi connectivity index (χ0v) is 17.3. The van der Waals surface area contributed by atoms with E-state index in [0.717, 1.165) is 5.56 Å². The Morgan fingerprint density at radius 1 is 1.04 bits per heavy atom. The van der Waals surface area contributed by atoms with Gasteiger partial charge in [0.25, 0.3) is 5.91 Å². The summed E-state index contributed by atoms with van der Waals surface area (Å²) in [7, 11) is 0. The first-order valence-corrected chi connectivity index (χ1v) is 10.0. The molecule has 1 aromatic rings. The zero-order valence-electron chi connectivity index (χ0n) is 17.3. The third-order valence-electron chi connectivity index (χ3n) is 4.91. The Morgan fingerprint density at radius 3 is 2.21 bits per heavy atom. The Bertz CT molecular complexity index is 697. The van der Waals surface area contributed by atoms with Crippen LogP contribution in [0.1, 0.15) is 43.1 Å². The molecule has 2 N–H and O–H groups in total. The molecular weight excluding hydrogens is 356 g/mol. The maximum absolute atomic E-state index is 13.1. The summed E-state index contributed by atoms with van der Waals surface area (Å²) >= 11 is 0. The Morgan fingerprint density at radius 2 is 1.64 bits per heavy atom. The van der Waals surface area contributed by atoms with Crippen molar-refractivity contribution >= 4 is 17.8 Å². The number of carbonyl (C=O) groups is 3. The van der Waals surface area contributed by atoms with Crippen LogP contribution in [0.4, 0.5) is 4.79 Å². The van der Waals surface area contributed by atoms with Crippen LogP contribution in [0.3, 0.4) is 0 Å². The number of hydrogen-bond donors (Lipinski definition) is 2. The summed E-state index contributed by atoms with van der Waals surface area (Å²) in [6, 6.07) is 6.70. The summed E-state index contributed by atoms with van der Waals surface area (Å²) in [4.78, 5) is 41.2. The maximum atomic E-state index is 13.1. The van der Waals surface area contributed by atoms with E-state index >= 15 is 0 Å². The lowest BCUT2D eigenvalue weighted by atomic mass is 10.0. The van der Waals surface area contributed by atoms with Gasteiger partial charge in [-0.25, -0.2) is 4.79 Å². The van der Waals surface area contributed by atoms with Crippen molar-refractivity contribution in [2.24, 2.45) is 5.92 Å². The number of nitrogens with one attached hydrogen (secondary N) is 2. The van der Waals surface area contributed by atoms with Gasteiger partial charge < -0.3 is 20.4 Å². The molecule has 1 aliphatic rings. The SMILES string of the molecule is CCNC(=O)N1CCN(C(=O)C(CC(C)C)NC(=O)c2ccccc2C)CC1. The molecule has 0 aliphatic carbocycles. The van der Waals surface area contributed by atoms with E-state index in [-0.39, 0.29) is 23.8 Å². The van der Waals surface area contributed by atoms with Crippen molar-refractivity contribution in [3.8, 4) is 0 Å². The summed E-state index contributed by atoms with van der Waals surface area (Å²) in [5, 5.41) is 5.72. The van der Waals surface area contributed by atoms with Gasteiger partial charge >= 0.3 is 6.03 Å². The maximum Gasteiger partial charge on any atom is 0.317 e. The number of aryl methyl sites for hydroxylation is 1.